The van der Waals surface area contributed by atoms with Crippen LogP contribution >= 0.6 is 12.4 Å². The van der Waals surface area contributed by atoms with Crippen molar-refractivity contribution in [2.45, 2.75) is 69.9 Å². The van der Waals surface area contributed by atoms with E-state index in [1.807, 2.05) is 4.90 Å². The maximum atomic E-state index is 12.4. The third-order valence-electron chi connectivity index (χ3n) is 5.49. The second kappa shape index (κ2) is 8.88. The quantitative estimate of drug-likeness (QED) is 0.822. The predicted octanol–water partition coefficient (Wildman–Crippen LogP) is 1.85. The summed E-state index contributed by atoms with van der Waals surface area (Å²) in [5.41, 5.74) is 0. The van der Waals surface area contributed by atoms with Gasteiger partial charge in [-0.05, 0) is 45.1 Å². The first-order valence-electron chi connectivity index (χ1n) is 9.06. The molecular formula is C17H30ClN3O2. The van der Waals surface area contributed by atoms with Crippen LogP contribution in [0.4, 0.5) is 0 Å². The van der Waals surface area contributed by atoms with Crippen LogP contribution < -0.4 is 10.6 Å². The minimum Gasteiger partial charge on any atom is -0.353 e. The average molecular weight is 344 g/mol. The number of carbonyl (C=O) groups excluding carboxylic acids is 2. The Morgan fingerprint density at radius 2 is 1.61 bits per heavy atom. The molecule has 2 aliphatic heterocycles. The fraction of sp³-hybridized carbons (Fsp3) is 0.882. The number of nitrogens with one attached hydrogen (secondary N) is 2. The third-order valence-corrected chi connectivity index (χ3v) is 5.49. The average Bonchev–Trinajstić information content (AvgIpc) is 3.10. The lowest BCUT2D eigenvalue weighted by Gasteiger charge is -2.34. The number of likely N-dealkylation sites (tertiary alicyclic amines) is 1. The van der Waals surface area contributed by atoms with Crippen molar-refractivity contribution in [3.8, 4) is 0 Å². The summed E-state index contributed by atoms with van der Waals surface area (Å²) >= 11 is 0. The van der Waals surface area contributed by atoms with Crippen molar-refractivity contribution in [2.75, 3.05) is 19.6 Å². The first-order valence-corrected chi connectivity index (χ1v) is 9.06. The summed E-state index contributed by atoms with van der Waals surface area (Å²) in [6.07, 6.45) is 9.64. The number of hydrogen-bond donors (Lipinski definition) is 2. The summed E-state index contributed by atoms with van der Waals surface area (Å²) < 4.78 is 0. The van der Waals surface area contributed by atoms with Crippen molar-refractivity contribution >= 4 is 24.2 Å². The zero-order valence-corrected chi connectivity index (χ0v) is 14.7. The molecule has 1 unspecified atom stereocenters. The van der Waals surface area contributed by atoms with E-state index in [2.05, 4.69) is 10.6 Å². The van der Waals surface area contributed by atoms with Crippen LogP contribution in [0.15, 0.2) is 0 Å². The van der Waals surface area contributed by atoms with Crippen LogP contribution in [0.3, 0.4) is 0 Å². The van der Waals surface area contributed by atoms with Crippen LogP contribution in [0, 0.1) is 5.92 Å². The highest BCUT2D eigenvalue weighted by Gasteiger charge is 2.31. The SMILES string of the molecule is Cl.O=C(NC1CCN(C(=O)C2CCCN2)CC1)C1CCCCC1. The van der Waals surface area contributed by atoms with Crippen LogP contribution in [0.5, 0.6) is 0 Å². The van der Waals surface area contributed by atoms with Gasteiger partial charge in [0.05, 0.1) is 6.04 Å². The van der Waals surface area contributed by atoms with Gasteiger partial charge in [-0.15, -0.1) is 12.4 Å². The molecule has 0 aromatic heterocycles. The van der Waals surface area contributed by atoms with Gasteiger partial charge >= 0.3 is 0 Å². The first-order chi connectivity index (χ1) is 10.7. The molecule has 6 heteroatoms. The summed E-state index contributed by atoms with van der Waals surface area (Å²) in [5.74, 6) is 0.743. The molecule has 1 saturated carbocycles. The summed E-state index contributed by atoms with van der Waals surface area (Å²) in [6, 6.07) is 0.295. The van der Waals surface area contributed by atoms with Gasteiger partial charge < -0.3 is 15.5 Å². The van der Waals surface area contributed by atoms with E-state index in [0.717, 1.165) is 58.2 Å². The molecule has 0 aromatic carbocycles. The van der Waals surface area contributed by atoms with Gasteiger partial charge in [-0.1, -0.05) is 19.3 Å². The van der Waals surface area contributed by atoms with E-state index in [1.54, 1.807) is 0 Å². The molecule has 2 amide bonds. The Hall–Kier alpha value is -0.810. The lowest BCUT2D eigenvalue weighted by atomic mass is 9.88. The lowest BCUT2D eigenvalue weighted by Crippen LogP contribution is -2.51. The number of rotatable bonds is 3. The Morgan fingerprint density at radius 3 is 2.22 bits per heavy atom. The Morgan fingerprint density at radius 1 is 0.913 bits per heavy atom. The topological polar surface area (TPSA) is 61.4 Å². The number of piperidine rings is 1. The molecule has 0 spiro atoms. The molecule has 2 heterocycles. The van der Waals surface area contributed by atoms with Gasteiger partial charge in [0.25, 0.3) is 0 Å². The van der Waals surface area contributed by atoms with E-state index in [1.165, 1.54) is 19.3 Å². The summed E-state index contributed by atoms with van der Waals surface area (Å²) in [4.78, 5) is 26.6. The zero-order chi connectivity index (χ0) is 15.4. The Kier molecular flexibility index (Phi) is 7.15. The highest BCUT2D eigenvalue weighted by molar-refractivity contribution is 5.85. The Bertz CT molecular complexity index is 399. The van der Waals surface area contributed by atoms with E-state index in [9.17, 15) is 9.59 Å². The second-order valence-electron chi connectivity index (χ2n) is 7.09. The zero-order valence-electron chi connectivity index (χ0n) is 13.9. The molecule has 5 nitrogen and oxygen atoms in total. The van der Waals surface area contributed by atoms with Gasteiger partial charge in [-0.2, -0.15) is 0 Å². The molecule has 23 heavy (non-hydrogen) atoms. The maximum Gasteiger partial charge on any atom is 0.239 e. The molecule has 3 aliphatic rings. The van der Waals surface area contributed by atoms with Crippen molar-refractivity contribution in [3.05, 3.63) is 0 Å². The first kappa shape index (κ1) is 18.5. The second-order valence-corrected chi connectivity index (χ2v) is 7.09. The molecule has 0 aromatic rings. The van der Waals surface area contributed by atoms with Crippen LogP contribution in [0.2, 0.25) is 0 Å². The minimum atomic E-state index is 0. The number of amides is 2. The fourth-order valence-electron chi connectivity index (χ4n) is 4.04. The van der Waals surface area contributed by atoms with Crippen LogP contribution in [-0.4, -0.2) is 48.4 Å². The van der Waals surface area contributed by atoms with Gasteiger partial charge in [-0.25, -0.2) is 0 Å². The highest BCUT2D eigenvalue weighted by atomic mass is 35.5. The number of hydrogen-bond acceptors (Lipinski definition) is 3. The van der Waals surface area contributed by atoms with E-state index >= 15 is 0 Å². The van der Waals surface area contributed by atoms with E-state index in [-0.39, 0.29) is 42.2 Å². The number of nitrogens with zero attached hydrogens (tertiary/aromatic N) is 1. The van der Waals surface area contributed by atoms with Crippen LogP contribution in [0.25, 0.3) is 0 Å². The maximum absolute atomic E-state index is 12.4. The third kappa shape index (κ3) is 4.83. The number of halogens is 1. The molecule has 3 rings (SSSR count). The van der Waals surface area contributed by atoms with Crippen molar-refractivity contribution in [1.29, 1.82) is 0 Å². The van der Waals surface area contributed by atoms with E-state index < -0.39 is 0 Å². The minimum absolute atomic E-state index is 0. The largest absolute Gasteiger partial charge is 0.353 e. The molecule has 0 bridgehead atoms. The summed E-state index contributed by atoms with van der Waals surface area (Å²) in [6.45, 7) is 2.53. The van der Waals surface area contributed by atoms with Crippen molar-refractivity contribution < 1.29 is 9.59 Å². The smallest absolute Gasteiger partial charge is 0.239 e. The molecule has 2 saturated heterocycles. The van der Waals surface area contributed by atoms with Crippen molar-refractivity contribution in [2.24, 2.45) is 5.92 Å². The fourth-order valence-corrected chi connectivity index (χ4v) is 4.04. The molecule has 1 atom stereocenters. The van der Waals surface area contributed by atoms with Gasteiger partial charge in [0, 0.05) is 25.0 Å². The van der Waals surface area contributed by atoms with Gasteiger partial charge in [0.2, 0.25) is 11.8 Å². The Labute approximate surface area is 145 Å². The molecule has 2 N–H and O–H groups in total. The van der Waals surface area contributed by atoms with Crippen molar-refractivity contribution in [3.63, 3.8) is 0 Å². The van der Waals surface area contributed by atoms with E-state index in [0.29, 0.717) is 0 Å². The predicted molar refractivity (Wildman–Crippen MR) is 92.6 cm³/mol. The van der Waals surface area contributed by atoms with Gasteiger partial charge in [0.15, 0.2) is 0 Å². The molecule has 0 radical (unpaired) electrons. The Balaban J connectivity index is 0.00000192. The normalized spacial score (nSPS) is 26.6. The summed E-state index contributed by atoms with van der Waals surface area (Å²) in [7, 11) is 0. The molecule has 132 valence electrons. The highest BCUT2D eigenvalue weighted by Crippen LogP contribution is 2.24. The van der Waals surface area contributed by atoms with Crippen LogP contribution in [0.1, 0.15) is 57.8 Å². The van der Waals surface area contributed by atoms with E-state index in [4.69, 9.17) is 0 Å². The van der Waals surface area contributed by atoms with Crippen LogP contribution in [-0.2, 0) is 9.59 Å². The number of carbonyl (C=O) groups is 2. The van der Waals surface area contributed by atoms with Crippen molar-refractivity contribution in [1.82, 2.24) is 15.5 Å². The van der Waals surface area contributed by atoms with Gasteiger partial charge in [0.1, 0.15) is 0 Å². The molecular weight excluding hydrogens is 314 g/mol. The lowest BCUT2D eigenvalue weighted by molar-refractivity contribution is -0.134. The standard InChI is InChI=1S/C17H29N3O2.ClH/c21-16(13-5-2-1-3-6-13)19-14-8-11-20(12-9-14)17(22)15-7-4-10-18-15;/h13-15,18H,1-12H2,(H,19,21);1H. The monoisotopic (exact) mass is 343 g/mol. The van der Waals surface area contributed by atoms with Gasteiger partial charge in [-0.3, -0.25) is 9.59 Å². The molecule has 3 fully saturated rings. The summed E-state index contributed by atoms with van der Waals surface area (Å²) in [5, 5.41) is 6.50. The molecule has 1 aliphatic carbocycles.